The third kappa shape index (κ3) is 4.58. The summed E-state index contributed by atoms with van der Waals surface area (Å²) in [4.78, 5) is 27.9. The van der Waals surface area contributed by atoms with E-state index in [1.807, 2.05) is 13.8 Å². The summed E-state index contributed by atoms with van der Waals surface area (Å²) >= 11 is 0. The van der Waals surface area contributed by atoms with Gasteiger partial charge in [-0.1, -0.05) is 25.7 Å². The molecule has 0 aliphatic heterocycles. The summed E-state index contributed by atoms with van der Waals surface area (Å²) in [5.41, 5.74) is 6.14. The second kappa shape index (κ2) is 8.02. The quantitative estimate of drug-likeness (QED) is 0.615. The average molecular weight is 289 g/mol. The van der Waals surface area contributed by atoms with E-state index in [-0.39, 0.29) is 12.5 Å². The van der Waals surface area contributed by atoms with Gasteiger partial charge in [0, 0.05) is 12.4 Å². The normalized spacial score (nSPS) is 11.3. The van der Waals surface area contributed by atoms with Gasteiger partial charge in [-0.25, -0.2) is 4.79 Å². The molecule has 6 heteroatoms. The van der Waals surface area contributed by atoms with Crippen LogP contribution >= 0.6 is 0 Å². The summed E-state index contributed by atoms with van der Waals surface area (Å²) in [6.45, 7) is 3.83. The third-order valence-electron chi connectivity index (χ3n) is 2.80. The van der Waals surface area contributed by atoms with Crippen LogP contribution in [0.3, 0.4) is 0 Å². The molecule has 6 nitrogen and oxygen atoms in total. The van der Waals surface area contributed by atoms with E-state index in [9.17, 15) is 9.59 Å². The Bertz CT molecular complexity index is 573. The minimum Gasteiger partial charge on any atom is -0.467 e. The second-order valence-electron chi connectivity index (χ2n) is 4.65. The summed E-state index contributed by atoms with van der Waals surface area (Å²) in [7, 11) is 1.29. The zero-order chi connectivity index (χ0) is 15.8. The van der Waals surface area contributed by atoms with Gasteiger partial charge < -0.3 is 15.8 Å². The molecule has 0 aromatic carbocycles. The van der Waals surface area contributed by atoms with Gasteiger partial charge in [0.05, 0.1) is 24.8 Å². The summed E-state index contributed by atoms with van der Waals surface area (Å²) < 4.78 is 4.70. The van der Waals surface area contributed by atoms with Crippen LogP contribution in [-0.2, 0) is 9.53 Å². The van der Waals surface area contributed by atoms with Gasteiger partial charge in [-0.15, -0.1) is 0 Å². The van der Waals surface area contributed by atoms with Crippen molar-refractivity contribution in [3.05, 3.63) is 29.6 Å². The van der Waals surface area contributed by atoms with Crippen molar-refractivity contribution in [1.29, 1.82) is 0 Å². The molecule has 0 aliphatic carbocycles. The van der Waals surface area contributed by atoms with Crippen molar-refractivity contribution in [3.8, 4) is 11.8 Å². The lowest BCUT2D eigenvalue weighted by Gasteiger charge is -2.20. The Kier molecular flexibility index (Phi) is 6.37. The lowest BCUT2D eigenvalue weighted by atomic mass is 10.0. The zero-order valence-electron chi connectivity index (χ0n) is 12.3. The van der Waals surface area contributed by atoms with Crippen LogP contribution in [0.15, 0.2) is 18.5 Å². The molecule has 0 saturated heterocycles. The molecule has 112 valence electrons. The van der Waals surface area contributed by atoms with Crippen LogP contribution in [0, 0.1) is 17.8 Å². The molecule has 0 aliphatic rings. The SMILES string of the molecule is COC(=O)C(NC(=O)c1ccncc1C#CCN)C(C)C. The van der Waals surface area contributed by atoms with Crippen LogP contribution in [0.2, 0.25) is 0 Å². The first-order valence-corrected chi connectivity index (χ1v) is 6.52. The number of aromatic nitrogens is 1. The molecule has 0 fully saturated rings. The highest BCUT2D eigenvalue weighted by Gasteiger charge is 2.26. The Hall–Kier alpha value is -2.39. The number of pyridine rings is 1. The number of carbonyl (C=O) groups excluding carboxylic acids is 2. The molecule has 1 unspecified atom stereocenters. The summed E-state index contributed by atoms with van der Waals surface area (Å²) in [6, 6.07) is 0.829. The predicted molar refractivity (Wildman–Crippen MR) is 78.3 cm³/mol. The molecule has 1 atom stereocenters. The molecule has 1 amide bonds. The topological polar surface area (TPSA) is 94.3 Å². The van der Waals surface area contributed by atoms with Crippen molar-refractivity contribution in [1.82, 2.24) is 10.3 Å². The molecule has 1 rings (SSSR count). The van der Waals surface area contributed by atoms with Crippen LogP contribution < -0.4 is 11.1 Å². The van der Waals surface area contributed by atoms with Crippen LogP contribution in [0.25, 0.3) is 0 Å². The Morgan fingerprint density at radius 1 is 1.48 bits per heavy atom. The first-order valence-electron chi connectivity index (χ1n) is 6.52. The van der Waals surface area contributed by atoms with Crippen LogP contribution in [0.1, 0.15) is 29.8 Å². The number of ether oxygens (including phenoxy) is 1. The molecular weight excluding hydrogens is 270 g/mol. The predicted octanol–water partition coefficient (Wildman–Crippen LogP) is 0.319. The highest BCUT2D eigenvalue weighted by atomic mass is 16.5. The minimum absolute atomic E-state index is 0.0955. The number of hydrogen-bond acceptors (Lipinski definition) is 5. The summed E-state index contributed by atoms with van der Waals surface area (Å²) in [5, 5.41) is 2.66. The van der Waals surface area contributed by atoms with Crippen molar-refractivity contribution in [2.45, 2.75) is 19.9 Å². The molecule has 0 bridgehead atoms. The number of carbonyl (C=O) groups is 2. The van der Waals surface area contributed by atoms with E-state index in [4.69, 9.17) is 10.5 Å². The molecular formula is C15H19N3O3. The van der Waals surface area contributed by atoms with Crippen molar-refractivity contribution < 1.29 is 14.3 Å². The lowest BCUT2D eigenvalue weighted by molar-refractivity contribution is -0.144. The third-order valence-corrected chi connectivity index (χ3v) is 2.80. The number of methoxy groups -OCH3 is 1. The second-order valence-corrected chi connectivity index (χ2v) is 4.65. The van der Waals surface area contributed by atoms with Crippen molar-refractivity contribution in [2.75, 3.05) is 13.7 Å². The Morgan fingerprint density at radius 2 is 2.19 bits per heavy atom. The van der Waals surface area contributed by atoms with E-state index in [1.54, 1.807) is 6.07 Å². The van der Waals surface area contributed by atoms with E-state index in [0.29, 0.717) is 11.1 Å². The molecule has 0 saturated carbocycles. The van der Waals surface area contributed by atoms with Gasteiger partial charge in [0.2, 0.25) is 0 Å². The number of amides is 1. The molecule has 1 heterocycles. The Balaban J connectivity index is 3.00. The molecule has 21 heavy (non-hydrogen) atoms. The number of nitrogens with one attached hydrogen (secondary N) is 1. The zero-order valence-corrected chi connectivity index (χ0v) is 12.3. The van der Waals surface area contributed by atoms with Crippen molar-refractivity contribution in [3.63, 3.8) is 0 Å². The van der Waals surface area contributed by atoms with Gasteiger partial charge in [0.25, 0.3) is 5.91 Å². The number of hydrogen-bond donors (Lipinski definition) is 2. The van der Waals surface area contributed by atoms with E-state index < -0.39 is 17.9 Å². The first-order chi connectivity index (χ1) is 10.0. The number of esters is 1. The standard InChI is InChI=1S/C15H19N3O3/c1-10(2)13(15(20)21-3)18-14(19)12-6-8-17-9-11(12)5-4-7-16/h6,8-10,13H,7,16H2,1-3H3,(H,18,19). The van der Waals surface area contributed by atoms with E-state index in [1.165, 1.54) is 19.5 Å². The average Bonchev–Trinajstić information content (AvgIpc) is 2.49. The van der Waals surface area contributed by atoms with E-state index in [2.05, 4.69) is 22.1 Å². The summed E-state index contributed by atoms with van der Waals surface area (Å²) in [6.07, 6.45) is 2.98. The van der Waals surface area contributed by atoms with Gasteiger partial charge in [0.1, 0.15) is 6.04 Å². The maximum Gasteiger partial charge on any atom is 0.328 e. The summed E-state index contributed by atoms with van der Waals surface area (Å²) in [5.74, 6) is 4.48. The lowest BCUT2D eigenvalue weighted by Crippen LogP contribution is -2.45. The fourth-order valence-electron chi connectivity index (χ4n) is 1.68. The van der Waals surface area contributed by atoms with Gasteiger partial charge in [-0.05, 0) is 12.0 Å². The van der Waals surface area contributed by atoms with Crippen LogP contribution in [-0.4, -0.2) is 36.6 Å². The van der Waals surface area contributed by atoms with Gasteiger partial charge in [0.15, 0.2) is 0 Å². The molecule has 1 aromatic rings. The monoisotopic (exact) mass is 289 g/mol. The van der Waals surface area contributed by atoms with Crippen LogP contribution in [0.5, 0.6) is 0 Å². The fourth-order valence-corrected chi connectivity index (χ4v) is 1.68. The Labute approximate surface area is 124 Å². The molecule has 0 radical (unpaired) electrons. The van der Waals surface area contributed by atoms with Gasteiger partial charge >= 0.3 is 5.97 Å². The highest BCUT2D eigenvalue weighted by Crippen LogP contribution is 2.09. The van der Waals surface area contributed by atoms with E-state index >= 15 is 0 Å². The molecule has 1 aromatic heterocycles. The maximum absolute atomic E-state index is 12.3. The molecule has 0 spiro atoms. The number of nitrogens with two attached hydrogens (primary N) is 1. The van der Waals surface area contributed by atoms with Gasteiger partial charge in [-0.3, -0.25) is 9.78 Å². The molecule has 3 N–H and O–H groups in total. The number of rotatable bonds is 4. The maximum atomic E-state index is 12.3. The van der Waals surface area contributed by atoms with Gasteiger partial charge in [-0.2, -0.15) is 0 Å². The van der Waals surface area contributed by atoms with Crippen LogP contribution in [0.4, 0.5) is 0 Å². The Morgan fingerprint density at radius 3 is 2.76 bits per heavy atom. The minimum atomic E-state index is -0.717. The van der Waals surface area contributed by atoms with E-state index in [0.717, 1.165) is 0 Å². The first kappa shape index (κ1) is 16.7. The largest absolute Gasteiger partial charge is 0.467 e. The fraction of sp³-hybridized carbons (Fsp3) is 0.400. The smallest absolute Gasteiger partial charge is 0.328 e. The van der Waals surface area contributed by atoms with Crippen molar-refractivity contribution in [2.24, 2.45) is 11.7 Å². The number of nitrogens with zero attached hydrogens (tertiary/aromatic N) is 1. The highest BCUT2D eigenvalue weighted by molar-refractivity contribution is 5.98. The van der Waals surface area contributed by atoms with Crippen molar-refractivity contribution >= 4 is 11.9 Å².